The highest BCUT2D eigenvalue weighted by Crippen LogP contribution is 2.19. The lowest BCUT2D eigenvalue weighted by Crippen LogP contribution is -2.44. The molecule has 4 nitrogen and oxygen atoms in total. The van der Waals surface area contributed by atoms with E-state index in [0.717, 1.165) is 25.4 Å². The lowest BCUT2D eigenvalue weighted by atomic mass is 9.94. The van der Waals surface area contributed by atoms with Crippen LogP contribution in [0.2, 0.25) is 0 Å². The van der Waals surface area contributed by atoms with E-state index >= 15 is 0 Å². The van der Waals surface area contributed by atoms with E-state index in [0.29, 0.717) is 0 Å². The number of nitrogens with one attached hydrogen (secondary N) is 1. The molecule has 0 aromatic rings. The largest absolute Gasteiger partial charge is 0.368 e. The van der Waals surface area contributed by atoms with Crippen LogP contribution in [0.5, 0.6) is 0 Å². The van der Waals surface area contributed by atoms with Crippen LogP contribution >= 0.6 is 0 Å². The number of amides is 1. The summed E-state index contributed by atoms with van der Waals surface area (Å²) in [6, 6.07) is -0.163. The molecular formula is C13H27N3O. The van der Waals surface area contributed by atoms with Crippen LogP contribution in [0.4, 0.5) is 0 Å². The van der Waals surface area contributed by atoms with Crippen LogP contribution in [0.3, 0.4) is 0 Å². The van der Waals surface area contributed by atoms with Gasteiger partial charge in [-0.25, -0.2) is 0 Å². The first-order valence-corrected chi connectivity index (χ1v) is 6.92. The zero-order valence-corrected chi connectivity index (χ0v) is 11.2. The van der Waals surface area contributed by atoms with Gasteiger partial charge in [-0.05, 0) is 44.8 Å². The van der Waals surface area contributed by atoms with Crippen molar-refractivity contribution in [1.82, 2.24) is 10.2 Å². The Hall–Kier alpha value is -0.610. The number of primary amides is 1. The van der Waals surface area contributed by atoms with Gasteiger partial charge < -0.3 is 16.0 Å². The number of likely N-dealkylation sites (N-methyl/N-ethyl adjacent to an activating group) is 1. The van der Waals surface area contributed by atoms with Crippen molar-refractivity contribution in [3.63, 3.8) is 0 Å². The maximum absolute atomic E-state index is 11.2. The van der Waals surface area contributed by atoms with Crippen LogP contribution < -0.4 is 11.1 Å². The Morgan fingerprint density at radius 3 is 2.53 bits per heavy atom. The Labute approximate surface area is 105 Å². The first-order valence-electron chi connectivity index (χ1n) is 6.92. The molecule has 1 heterocycles. The van der Waals surface area contributed by atoms with Crippen molar-refractivity contribution in [3.05, 3.63) is 0 Å². The average Bonchev–Trinajstić information content (AvgIpc) is 2.34. The number of hydrogen-bond acceptors (Lipinski definition) is 3. The highest BCUT2D eigenvalue weighted by atomic mass is 16.1. The van der Waals surface area contributed by atoms with Gasteiger partial charge in [-0.15, -0.1) is 0 Å². The van der Waals surface area contributed by atoms with Gasteiger partial charge in [0, 0.05) is 6.54 Å². The summed E-state index contributed by atoms with van der Waals surface area (Å²) in [5.74, 6) is 0.683. The standard InChI is InChI=1S/C13H27N3O/c1-3-11-5-8-16(9-6-11)10-7-12(13(14)17)15-4-2/h11-12,15H,3-10H2,1-2H3,(H2,14,17). The van der Waals surface area contributed by atoms with Gasteiger partial charge in [-0.3, -0.25) is 4.79 Å². The second-order valence-electron chi connectivity index (χ2n) is 4.99. The summed E-state index contributed by atoms with van der Waals surface area (Å²) in [6.07, 6.45) is 4.74. The molecule has 0 aromatic carbocycles. The molecule has 1 aliphatic heterocycles. The van der Waals surface area contributed by atoms with E-state index in [1.54, 1.807) is 0 Å². The summed E-state index contributed by atoms with van der Waals surface area (Å²) in [5.41, 5.74) is 5.36. The van der Waals surface area contributed by atoms with E-state index in [1.165, 1.54) is 32.4 Å². The number of likely N-dealkylation sites (tertiary alicyclic amines) is 1. The maximum atomic E-state index is 11.2. The lowest BCUT2D eigenvalue weighted by Gasteiger charge is -2.32. The lowest BCUT2D eigenvalue weighted by molar-refractivity contribution is -0.120. The van der Waals surface area contributed by atoms with Gasteiger partial charge in [0.15, 0.2) is 0 Å². The van der Waals surface area contributed by atoms with Crippen molar-refractivity contribution in [2.75, 3.05) is 26.2 Å². The third-order valence-electron chi connectivity index (χ3n) is 3.81. The molecule has 1 fully saturated rings. The minimum atomic E-state index is -0.227. The first-order chi connectivity index (χ1) is 8.17. The predicted octanol–water partition coefficient (Wildman–Crippen LogP) is 0.962. The third-order valence-corrected chi connectivity index (χ3v) is 3.81. The monoisotopic (exact) mass is 241 g/mol. The number of carbonyl (C=O) groups excluding carboxylic acids is 1. The quantitative estimate of drug-likeness (QED) is 0.698. The van der Waals surface area contributed by atoms with Gasteiger partial charge in [-0.1, -0.05) is 20.3 Å². The average molecular weight is 241 g/mol. The van der Waals surface area contributed by atoms with Crippen molar-refractivity contribution < 1.29 is 4.79 Å². The Morgan fingerprint density at radius 2 is 2.06 bits per heavy atom. The van der Waals surface area contributed by atoms with Crippen LogP contribution in [0, 0.1) is 5.92 Å². The molecule has 1 atom stereocenters. The Kier molecular flexibility index (Phi) is 6.52. The van der Waals surface area contributed by atoms with Crippen molar-refractivity contribution in [1.29, 1.82) is 0 Å². The molecule has 3 N–H and O–H groups in total. The van der Waals surface area contributed by atoms with Crippen LogP contribution in [0.15, 0.2) is 0 Å². The van der Waals surface area contributed by atoms with Crippen LogP contribution in [-0.4, -0.2) is 43.0 Å². The summed E-state index contributed by atoms with van der Waals surface area (Å²) < 4.78 is 0. The van der Waals surface area contributed by atoms with Gasteiger partial charge in [0.25, 0.3) is 0 Å². The topological polar surface area (TPSA) is 58.4 Å². The van der Waals surface area contributed by atoms with E-state index in [2.05, 4.69) is 17.1 Å². The van der Waals surface area contributed by atoms with Crippen LogP contribution in [0.1, 0.15) is 39.5 Å². The Bertz CT molecular complexity index is 225. The summed E-state index contributed by atoms with van der Waals surface area (Å²) in [7, 11) is 0. The minimum absolute atomic E-state index is 0.163. The first kappa shape index (κ1) is 14.5. The van der Waals surface area contributed by atoms with Gasteiger partial charge in [0.1, 0.15) is 0 Å². The molecule has 0 radical (unpaired) electrons. The van der Waals surface area contributed by atoms with Crippen molar-refractivity contribution in [3.8, 4) is 0 Å². The molecule has 1 unspecified atom stereocenters. The molecule has 0 spiro atoms. The molecule has 4 heteroatoms. The number of piperidine rings is 1. The zero-order valence-electron chi connectivity index (χ0n) is 11.2. The summed E-state index contributed by atoms with van der Waals surface area (Å²) in [5, 5.41) is 3.14. The van der Waals surface area contributed by atoms with Crippen LogP contribution in [-0.2, 0) is 4.79 Å². The molecule has 0 aromatic heterocycles. The SMILES string of the molecule is CCNC(CCN1CCC(CC)CC1)C(N)=O. The molecule has 100 valence electrons. The van der Waals surface area contributed by atoms with E-state index in [4.69, 9.17) is 5.73 Å². The minimum Gasteiger partial charge on any atom is -0.368 e. The van der Waals surface area contributed by atoms with Crippen LogP contribution in [0.25, 0.3) is 0 Å². The maximum Gasteiger partial charge on any atom is 0.234 e. The van der Waals surface area contributed by atoms with Gasteiger partial charge in [-0.2, -0.15) is 0 Å². The summed E-state index contributed by atoms with van der Waals surface area (Å²) >= 11 is 0. The molecule has 1 aliphatic rings. The van der Waals surface area contributed by atoms with Crippen molar-refractivity contribution in [2.24, 2.45) is 11.7 Å². The normalized spacial score (nSPS) is 20.4. The van der Waals surface area contributed by atoms with Crippen molar-refractivity contribution >= 4 is 5.91 Å². The number of hydrogen-bond donors (Lipinski definition) is 2. The van der Waals surface area contributed by atoms with E-state index in [-0.39, 0.29) is 11.9 Å². The van der Waals surface area contributed by atoms with Gasteiger partial charge in [0.05, 0.1) is 6.04 Å². The number of nitrogens with two attached hydrogens (primary N) is 1. The molecule has 1 amide bonds. The smallest absolute Gasteiger partial charge is 0.234 e. The number of nitrogens with zero attached hydrogens (tertiary/aromatic N) is 1. The van der Waals surface area contributed by atoms with Crippen molar-refractivity contribution in [2.45, 2.75) is 45.6 Å². The molecular weight excluding hydrogens is 214 g/mol. The fourth-order valence-corrected chi connectivity index (χ4v) is 2.52. The van der Waals surface area contributed by atoms with E-state index in [9.17, 15) is 4.79 Å². The van der Waals surface area contributed by atoms with E-state index in [1.807, 2.05) is 6.92 Å². The van der Waals surface area contributed by atoms with Gasteiger partial charge in [0.2, 0.25) is 5.91 Å². The predicted molar refractivity (Wildman–Crippen MR) is 70.7 cm³/mol. The third kappa shape index (κ3) is 5.04. The summed E-state index contributed by atoms with van der Waals surface area (Å²) in [6.45, 7) is 8.41. The second kappa shape index (κ2) is 7.67. The number of rotatable bonds is 7. The molecule has 0 aliphatic carbocycles. The highest BCUT2D eigenvalue weighted by molar-refractivity contribution is 5.79. The second-order valence-corrected chi connectivity index (χ2v) is 4.99. The molecule has 0 bridgehead atoms. The summed E-state index contributed by atoms with van der Waals surface area (Å²) in [4.78, 5) is 13.7. The zero-order chi connectivity index (χ0) is 12.7. The highest BCUT2D eigenvalue weighted by Gasteiger charge is 2.20. The molecule has 1 rings (SSSR count). The van der Waals surface area contributed by atoms with Gasteiger partial charge >= 0.3 is 0 Å². The fourth-order valence-electron chi connectivity index (χ4n) is 2.52. The molecule has 1 saturated heterocycles. The fraction of sp³-hybridized carbons (Fsp3) is 0.923. The van der Waals surface area contributed by atoms with E-state index < -0.39 is 0 Å². The Balaban J connectivity index is 2.23. The molecule has 0 saturated carbocycles. The Morgan fingerprint density at radius 1 is 1.41 bits per heavy atom. The molecule has 17 heavy (non-hydrogen) atoms. The number of carbonyl (C=O) groups is 1.